The number of carbonyl (C=O) groups is 2. The number of carbonyl (C=O) groups excluding carboxylic acids is 1. The minimum Gasteiger partial charge on any atom is -0.479 e. The summed E-state index contributed by atoms with van der Waals surface area (Å²) in [4.78, 5) is 22.0. The largest absolute Gasteiger partial charge is 0.479 e. The van der Waals surface area contributed by atoms with Crippen molar-refractivity contribution in [3.05, 3.63) is 0 Å². The highest BCUT2D eigenvalue weighted by Crippen LogP contribution is 2.30. The van der Waals surface area contributed by atoms with Gasteiger partial charge in [0.15, 0.2) is 5.60 Å². The van der Waals surface area contributed by atoms with E-state index in [1.54, 1.807) is 0 Å². The second-order valence-electron chi connectivity index (χ2n) is 4.80. The van der Waals surface area contributed by atoms with Crippen molar-refractivity contribution < 1.29 is 19.8 Å². The van der Waals surface area contributed by atoms with E-state index in [9.17, 15) is 14.7 Å². The fraction of sp³-hybridized carbons (Fsp3) is 0.800. The van der Waals surface area contributed by atoms with Gasteiger partial charge in [-0.2, -0.15) is 0 Å². The Morgan fingerprint density at radius 2 is 2.00 bits per heavy atom. The average molecular weight is 230 g/mol. The molecule has 6 nitrogen and oxygen atoms in total. The smallest absolute Gasteiger partial charge is 0.337 e. The molecule has 0 bridgehead atoms. The highest BCUT2D eigenvalue weighted by Gasteiger charge is 2.34. The van der Waals surface area contributed by atoms with Crippen LogP contribution in [0.3, 0.4) is 0 Å². The SMILES string of the molecule is CC1(NC(=O)NCC(C)(O)C(=O)O)CCC1. The molecule has 0 aromatic carbocycles. The molecule has 1 aliphatic carbocycles. The molecule has 1 aliphatic rings. The van der Waals surface area contributed by atoms with Crippen LogP contribution in [-0.4, -0.2) is 39.9 Å². The molecule has 0 spiro atoms. The summed E-state index contributed by atoms with van der Waals surface area (Å²) in [6.45, 7) is 2.76. The fourth-order valence-electron chi connectivity index (χ4n) is 1.48. The Balaban J connectivity index is 2.32. The van der Waals surface area contributed by atoms with Crippen LogP contribution in [-0.2, 0) is 4.79 Å². The molecule has 1 unspecified atom stereocenters. The van der Waals surface area contributed by atoms with Gasteiger partial charge in [-0.05, 0) is 33.1 Å². The van der Waals surface area contributed by atoms with E-state index in [1.807, 2.05) is 6.92 Å². The summed E-state index contributed by atoms with van der Waals surface area (Å²) in [6.07, 6.45) is 2.94. The summed E-state index contributed by atoms with van der Waals surface area (Å²) < 4.78 is 0. The molecule has 0 radical (unpaired) electrons. The fourth-order valence-corrected chi connectivity index (χ4v) is 1.48. The zero-order valence-electron chi connectivity index (χ0n) is 9.54. The quantitative estimate of drug-likeness (QED) is 0.549. The van der Waals surface area contributed by atoms with Gasteiger partial charge < -0.3 is 20.8 Å². The second-order valence-corrected chi connectivity index (χ2v) is 4.80. The van der Waals surface area contributed by atoms with Crippen LogP contribution in [0.1, 0.15) is 33.1 Å². The monoisotopic (exact) mass is 230 g/mol. The number of aliphatic hydroxyl groups is 1. The Morgan fingerprint density at radius 1 is 1.44 bits per heavy atom. The molecule has 1 fully saturated rings. The first-order chi connectivity index (χ1) is 7.25. The third kappa shape index (κ3) is 3.10. The van der Waals surface area contributed by atoms with Gasteiger partial charge in [0.25, 0.3) is 0 Å². The van der Waals surface area contributed by atoms with Gasteiger partial charge in [-0.25, -0.2) is 9.59 Å². The number of hydrogen-bond acceptors (Lipinski definition) is 3. The van der Waals surface area contributed by atoms with Crippen molar-refractivity contribution in [2.24, 2.45) is 0 Å². The van der Waals surface area contributed by atoms with E-state index < -0.39 is 17.6 Å². The van der Waals surface area contributed by atoms with Crippen LogP contribution >= 0.6 is 0 Å². The molecule has 1 rings (SSSR count). The first-order valence-electron chi connectivity index (χ1n) is 5.27. The Hall–Kier alpha value is -1.30. The standard InChI is InChI=1S/C10H18N2O4/c1-9(4-3-5-9)12-8(15)11-6-10(2,16)7(13)14/h16H,3-6H2,1-2H3,(H,13,14)(H2,11,12,15). The zero-order valence-corrected chi connectivity index (χ0v) is 9.54. The van der Waals surface area contributed by atoms with Gasteiger partial charge >= 0.3 is 12.0 Å². The Morgan fingerprint density at radius 3 is 2.38 bits per heavy atom. The van der Waals surface area contributed by atoms with E-state index in [2.05, 4.69) is 10.6 Å². The maximum Gasteiger partial charge on any atom is 0.337 e. The predicted octanol–water partition coefficient (Wildman–Crippen LogP) is 0.0638. The van der Waals surface area contributed by atoms with Crippen molar-refractivity contribution in [2.75, 3.05) is 6.54 Å². The molecular weight excluding hydrogens is 212 g/mol. The van der Waals surface area contributed by atoms with E-state index in [-0.39, 0.29) is 12.1 Å². The van der Waals surface area contributed by atoms with Crippen LogP contribution in [0.15, 0.2) is 0 Å². The predicted molar refractivity (Wildman–Crippen MR) is 57.1 cm³/mol. The van der Waals surface area contributed by atoms with Crippen molar-refractivity contribution in [3.8, 4) is 0 Å². The van der Waals surface area contributed by atoms with Gasteiger partial charge in [0.05, 0.1) is 6.54 Å². The number of hydrogen-bond donors (Lipinski definition) is 4. The van der Waals surface area contributed by atoms with Gasteiger partial charge in [-0.3, -0.25) is 0 Å². The average Bonchev–Trinajstić information content (AvgIpc) is 2.12. The molecule has 2 amide bonds. The highest BCUT2D eigenvalue weighted by molar-refractivity contribution is 5.79. The molecule has 92 valence electrons. The number of carboxylic acids is 1. The molecule has 6 heteroatoms. The molecular formula is C10H18N2O4. The molecule has 0 aromatic rings. The van der Waals surface area contributed by atoms with Crippen LogP contribution in [0.25, 0.3) is 0 Å². The summed E-state index contributed by atoms with van der Waals surface area (Å²) in [6, 6.07) is -0.441. The minimum atomic E-state index is -1.93. The van der Waals surface area contributed by atoms with Crippen LogP contribution < -0.4 is 10.6 Å². The van der Waals surface area contributed by atoms with Gasteiger partial charge in [-0.1, -0.05) is 0 Å². The topological polar surface area (TPSA) is 98.7 Å². The molecule has 16 heavy (non-hydrogen) atoms. The number of nitrogens with one attached hydrogen (secondary N) is 2. The number of amides is 2. The highest BCUT2D eigenvalue weighted by atomic mass is 16.4. The summed E-state index contributed by atoms with van der Waals surface area (Å²) in [7, 11) is 0. The maximum atomic E-state index is 11.4. The van der Waals surface area contributed by atoms with Crippen LogP contribution in [0, 0.1) is 0 Å². The van der Waals surface area contributed by atoms with Gasteiger partial charge in [0.2, 0.25) is 0 Å². The van der Waals surface area contributed by atoms with Crippen LogP contribution in [0.4, 0.5) is 4.79 Å². The lowest BCUT2D eigenvalue weighted by Gasteiger charge is -2.39. The van der Waals surface area contributed by atoms with E-state index in [0.29, 0.717) is 0 Å². The molecule has 0 aromatic heterocycles. The molecule has 1 saturated carbocycles. The number of rotatable bonds is 4. The van der Waals surface area contributed by atoms with Crippen molar-refractivity contribution in [1.29, 1.82) is 0 Å². The van der Waals surface area contributed by atoms with Crippen molar-refractivity contribution in [3.63, 3.8) is 0 Å². The summed E-state index contributed by atoms with van der Waals surface area (Å²) in [5, 5.41) is 23.1. The lowest BCUT2D eigenvalue weighted by Crippen LogP contribution is -2.56. The van der Waals surface area contributed by atoms with Gasteiger partial charge in [-0.15, -0.1) is 0 Å². The van der Waals surface area contributed by atoms with E-state index >= 15 is 0 Å². The van der Waals surface area contributed by atoms with Crippen molar-refractivity contribution >= 4 is 12.0 Å². The molecule has 0 heterocycles. The molecule has 0 saturated heterocycles. The molecule has 1 atom stereocenters. The summed E-state index contributed by atoms with van der Waals surface area (Å²) in [5.41, 5.74) is -2.11. The van der Waals surface area contributed by atoms with Gasteiger partial charge in [0, 0.05) is 5.54 Å². The van der Waals surface area contributed by atoms with E-state index in [4.69, 9.17) is 5.11 Å². The third-order valence-electron chi connectivity index (χ3n) is 2.93. The summed E-state index contributed by atoms with van der Waals surface area (Å²) >= 11 is 0. The number of aliphatic carboxylic acids is 1. The first kappa shape index (κ1) is 12.8. The zero-order chi connectivity index (χ0) is 12.4. The normalized spacial score (nSPS) is 21.4. The molecule has 4 N–H and O–H groups in total. The Kier molecular flexibility index (Phi) is 3.42. The minimum absolute atomic E-state index is 0.181. The van der Waals surface area contributed by atoms with E-state index in [1.165, 1.54) is 0 Å². The lowest BCUT2D eigenvalue weighted by molar-refractivity contribution is -0.155. The lowest BCUT2D eigenvalue weighted by atomic mass is 9.79. The van der Waals surface area contributed by atoms with Gasteiger partial charge in [0.1, 0.15) is 0 Å². The van der Waals surface area contributed by atoms with Crippen molar-refractivity contribution in [2.45, 2.75) is 44.2 Å². The Bertz CT molecular complexity index is 297. The Labute approximate surface area is 94.0 Å². The van der Waals surface area contributed by atoms with Crippen LogP contribution in [0.2, 0.25) is 0 Å². The second kappa shape index (κ2) is 4.29. The van der Waals surface area contributed by atoms with Crippen molar-refractivity contribution in [1.82, 2.24) is 10.6 Å². The first-order valence-corrected chi connectivity index (χ1v) is 5.27. The van der Waals surface area contributed by atoms with E-state index in [0.717, 1.165) is 26.2 Å². The van der Waals surface area contributed by atoms with Crippen LogP contribution in [0.5, 0.6) is 0 Å². The third-order valence-corrected chi connectivity index (χ3v) is 2.93. The number of carboxylic acid groups (broad SMARTS) is 1. The summed E-state index contributed by atoms with van der Waals surface area (Å²) in [5.74, 6) is -1.36. The number of urea groups is 1. The molecule has 0 aliphatic heterocycles. The maximum absolute atomic E-state index is 11.4.